The standard InChI is InChI=1S/C28H38N4O5/c1-8-32(26(35)21(16-22(29)33)30-27(36)37-28(5,6)7)24(20-14-9-11-17(2)15-20)25(34)31-23-18(3)12-10-13-19(23)4/h9-15,21,24H,8,16H2,1-7H3,(H2,29,33)(H,30,36)(H,31,34). The summed E-state index contributed by atoms with van der Waals surface area (Å²) in [7, 11) is 0. The van der Waals surface area contributed by atoms with E-state index >= 15 is 0 Å². The molecule has 0 aromatic heterocycles. The molecule has 0 spiro atoms. The second-order valence-electron chi connectivity index (χ2n) is 10.1. The molecule has 37 heavy (non-hydrogen) atoms. The Morgan fingerprint density at radius 3 is 2.11 bits per heavy atom. The van der Waals surface area contributed by atoms with Crippen molar-refractivity contribution in [2.75, 3.05) is 11.9 Å². The van der Waals surface area contributed by atoms with Crippen molar-refractivity contribution in [1.29, 1.82) is 0 Å². The summed E-state index contributed by atoms with van der Waals surface area (Å²) >= 11 is 0. The minimum atomic E-state index is -1.31. The molecule has 0 aliphatic rings. The summed E-state index contributed by atoms with van der Waals surface area (Å²) in [5.41, 5.74) is 8.50. The van der Waals surface area contributed by atoms with Gasteiger partial charge < -0.3 is 26.0 Å². The van der Waals surface area contributed by atoms with E-state index in [2.05, 4.69) is 10.6 Å². The Labute approximate surface area is 218 Å². The van der Waals surface area contributed by atoms with Gasteiger partial charge in [-0.3, -0.25) is 14.4 Å². The van der Waals surface area contributed by atoms with Gasteiger partial charge in [0.15, 0.2) is 0 Å². The van der Waals surface area contributed by atoms with Gasteiger partial charge in [-0.15, -0.1) is 0 Å². The van der Waals surface area contributed by atoms with Crippen molar-refractivity contribution >= 4 is 29.5 Å². The van der Waals surface area contributed by atoms with Gasteiger partial charge in [0, 0.05) is 12.2 Å². The van der Waals surface area contributed by atoms with E-state index in [1.54, 1.807) is 33.8 Å². The monoisotopic (exact) mass is 510 g/mol. The topological polar surface area (TPSA) is 131 Å². The third-order valence-corrected chi connectivity index (χ3v) is 5.67. The number of nitrogens with two attached hydrogens (primary N) is 1. The van der Waals surface area contributed by atoms with E-state index in [0.717, 1.165) is 16.7 Å². The number of anilines is 1. The number of benzene rings is 2. The molecule has 0 saturated heterocycles. The molecule has 0 aliphatic heterocycles. The fraction of sp³-hybridized carbons (Fsp3) is 0.429. The maximum Gasteiger partial charge on any atom is 0.408 e. The molecular formula is C28H38N4O5. The van der Waals surface area contributed by atoms with Crippen LogP contribution in [0.1, 0.15) is 62.4 Å². The van der Waals surface area contributed by atoms with E-state index in [0.29, 0.717) is 11.3 Å². The molecule has 200 valence electrons. The minimum absolute atomic E-state index is 0.128. The number of ether oxygens (including phenoxy) is 1. The Hall–Kier alpha value is -3.88. The highest BCUT2D eigenvalue weighted by molar-refractivity contribution is 6.00. The Bertz CT molecular complexity index is 1140. The van der Waals surface area contributed by atoms with E-state index in [-0.39, 0.29) is 6.54 Å². The number of hydrogen-bond acceptors (Lipinski definition) is 5. The average molecular weight is 511 g/mol. The molecule has 0 bridgehead atoms. The SMILES string of the molecule is CCN(C(=O)C(CC(N)=O)NC(=O)OC(C)(C)C)C(C(=O)Nc1c(C)cccc1C)c1cccc(C)c1. The van der Waals surface area contributed by atoms with Crippen molar-refractivity contribution in [2.24, 2.45) is 5.73 Å². The lowest BCUT2D eigenvalue weighted by molar-refractivity contribution is -0.141. The number of hydrogen-bond donors (Lipinski definition) is 3. The summed E-state index contributed by atoms with van der Waals surface area (Å²) in [5, 5.41) is 5.44. The molecule has 0 fully saturated rings. The number of rotatable bonds is 9. The number of nitrogens with zero attached hydrogens (tertiary/aromatic N) is 1. The lowest BCUT2D eigenvalue weighted by Gasteiger charge is -2.33. The van der Waals surface area contributed by atoms with Crippen LogP contribution in [-0.2, 0) is 19.1 Å². The first-order valence-corrected chi connectivity index (χ1v) is 12.3. The second kappa shape index (κ2) is 12.4. The van der Waals surface area contributed by atoms with E-state index in [1.807, 2.05) is 57.2 Å². The number of carbonyl (C=O) groups excluding carboxylic acids is 4. The molecule has 9 nitrogen and oxygen atoms in total. The van der Waals surface area contributed by atoms with Gasteiger partial charge in [0.25, 0.3) is 5.91 Å². The first-order valence-electron chi connectivity index (χ1n) is 12.3. The van der Waals surface area contributed by atoms with Gasteiger partial charge in [-0.2, -0.15) is 0 Å². The van der Waals surface area contributed by atoms with Crippen LogP contribution in [0.2, 0.25) is 0 Å². The predicted octanol–water partition coefficient (Wildman–Crippen LogP) is 3.91. The van der Waals surface area contributed by atoms with Gasteiger partial charge >= 0.3 is 6.09 Å². The van der Waals surface area contributed by atoms with Crippen LogP contribution in [0.3, 0.4) is 0 Å². The van der Waals surface area contributed by atoms with Gasteiger partial charge in [-0.1, -0.05) is 48.0 Å². The Kier molecular flexibility index (Phi) is 9.82. The molecule has 2 aromatic rings. The number of aryl methyl sites for hydroxylation is 3. The molecule has 4 N–H and O–H groups in total. The highest BCUT2D eigenvalue weighted by atomic mass is 16.6. The third kappa shape index (κ3) is 8.34. The molecule has 2 atom stereocenters. The number of likely N-dealkylation sites (N-methyl/N-ethyl adjacent to an activating group) is 1. The van der Waals surface area contributed by atoms with Gasteiger partial charge in [-0.05, 0) is 65.2 Å². The summed E-state index contributed by atoms with van der Waals surface area (Å²) in [6.07, 6.45) is -1.32. The number of para-hydroxylation sites is 1. The highest BCUT2D eigenvalue weighted by Gasteiger charge is 2.36. The van der Waals surface area contributed by atoms with Crippen molar-refractivity contribution in [1.82, 2.24) is 10.2 Å². The average Bonchev–Trinajstić information content (AvgIpc) is 2.77. The molecule has 2 unspecified atom stereocenters. The van der Waals surface area contributed by atoms with Gasteiger partial charge in [0.2, 0.25) is 11.8 Å². The number of primary amides is 1. The zero-order valence-electron chi connectivity index (χ0n) is 22.7. The Morgan fingerprint density at radius 2 is 1.59 bits per heavy atom. The maximum absolute atomic E-state index is 13.8. The first kappa shape index (κ1) is 29.4. The molecule has 0 heterocycles. The van der Waals surface area contributed by atoms with Crippen LogP contribution in [0.25, 0.3) is 0 Å². The van der Waals surface area contributed by atoms with Crippen molar-refractivity contribution in [2.45, 2.75) is 72.6 Å². The van der Waals surface area contributed by atoms with Crippen LogP contribution in [0.15, 0.2) is 42.5 Å². The summed E-state index contributed by atoms with van der Waals surface area (Å²) in [4.78, 5) is 53.2. The van der Waals surface area contributed by atoms with Gasteiger partial charge in [-0.25, -0.2) is 4.79 Å². The second-order valence-corrected chi connectivity index (χ2v) is 10.1. The first-order chi connectivity index (χ1) is 17.2. The smallest absolute Gasteiger partial charge is 0.408 e. The summed E-state index contributed by atoms with van der Waals surface area (Å²) in [6, 6.07) is 10.6. The number of carbonyl (C=O) groups is 4. The van der Waals surface area contributed by atoms with Crippen LogP contribution >= 0.6 is 0 Å². The lowest BCUT2D eigenvalue weighted by Crippen LogP contribution is -2.53. The van der Waals surface area contributed by atoms with Crippen LogP contribution in [0, 0.1) is 20.8 Å². The van der Waals surface area contributed by atoms with Crippen molar-refractivity contribution in [3.63, 3.8) is 0 Å². The molecule has 2 aromatic carbocycles. The fourth-order valence-corrected chi connectivity index (χ4v) is 4.03. The number of alkyl carbamates (subject to hydrolysis) is 1. The van der Waals surface area contributed by atoms with Crippen LogP contribution in [0.5, 0.6) is 0 Å². The van der Waals surface area contributed by atoms with E-state index < -0.39 is 47.9 Å². The molecule has 4 amide bonds. The summed E-state index contributed by atoms with van der Waals surface area (Å²) in [6.45, 7) is 12.6. The quantitative estimate of drug-likeness (QED) is 0.471. The fourth-order valence-electron chi connectivity index (χ4n) is 4.03. The number of amides is 4. The van der Waals surface area contributed by atoms with Crippen molar-refractivity contribution < 1.29 is 23.9 Å². The number of nitrogens with one attached hydrogen (secondary N) is 2. The summed E-state index contributed by atoms with van der Waals surface area (Å²) < 4.78 is 5.27. The molecule has 2 rings (SSSR count). The van der Waals surface area contributed by atoms with E-state index in [4.69, 9.17) is 10.5 Å². The van der Waals surface area contributed by atoms with Crippen LogP contribution in [-0.4, -0.2) is 46.9 Å². The molecular weight excluding hydrogens is 472 g/mol. The Balaban J connectivity index is 2.50. The van der Waals surface area contributed by atoms with Crippen molar-refractivity contribution in [3.05, 3.63) is 64.7 Å². The van der Waals surface area contributed by atoms with E-state index in [1.165, 1.54) is 4.90 Å². The molecule has 9 heteroatoms. The zero-order valence-corrected chi connectivity index (χ0v) is 22.7. The largest absolute Gasteiger partial charge is 0.444 e. The molecule has 0 radical (unpaired) electrons. The molecule has 0 saturated carbocycles. The third-order valence-electron chi connectivity index (χ3n) is 5.67. The van der Waals surface area contributed by atoms with Gasteiger partial charge in [0.05, 0.1) is 6.42 Å². The lowest BCUT2D eigenvalue weighted by atomic mass is 9.99. The Morgan fingerprint density at radius 1 is 1.00 bits per heavy atom. The highest BCUT2D eigenvalue weighted by Crippen LogP contribution is 2.27. The predicted molar refractivity (Wildman–Crippen MR) is 143 cm³/mol. The van der Waals surface area contributed by atoms with Crippen molar-refractivity contribution in [3.8, 4) is 0 Å². The van der Waals surface area contributed by atoms with Crippen LogP contribution < -0.4 is 16.4 Å². The molecule has 0 aliphatic carbocycles. The minimum Gasteiger partial charge on any atom is -0.444 e. The maximum atomic E-state index is 13.8. The summed E-state index contributed by atoms with van der Waals surface area (Å²) in [5.74, 6) is -1.83. The van der Waals surface area contributed by atoms with E-state index in [9.17, 15) is 19.2 Å². The zero-order chi connectivity index (χ0) is 27.9. The van der Waals surface area contributed by atoms with Gasteiger partial charge in [0.1, 0.15) is 17.7 Å². The normalized spacial score (nSPS) is 12.7. The van der Waals surface area contributed by atoms with Crippen LogP contribution in [0.4, 0.5) is 10.5 Å².